The summed E-state index contributed by atoms with van der Waals surface area (Å²) < 4.78 is 16.3. The van der Waals surface area contributed by atoms with Crippen molar-refractivity contribution in [3.05, 3.63) is 34.9 Å². The number of methoxy groups -OCH3 is 1. The van der Waals surface area contributed by atoms with Gasteiger partial charge in [0.05, 0.1) is 32.4 Å². The molecule has 1 amide bonds. The number of ether oxygens (including phenoxy) is 3. The van der Waals surface area contributed by atoms with Gasteiger partial charge in [-0.2, -0.15) is 0 Å². The molecule has 0 radical (unpaired) electrons. The molecule has 23 heavy (non-hydrogen) atoms. The maximum absolute atomic E-state index is 12.4. The van der Waals surface area contributed by atoms with Crippen molar-refractivity contribution in [3.8, 4) is 0 Å². The Morgan fingerprint density at radius 2 is 2.13 bits per heavy atom. The van der Waals surface area contributed by atoms with Gasteiger partial charge in [-0.1, -0.05) is 23.8 Å². The highest BCUT2D eigenvalue weighted by atomic mass is 16.5. The fourth-order valence-corrected chi connectivity index (χ4v) is 2.78. The molecule has 128 valence electrons. The van der Waals surface area contributed by atoms with E-state index in [-0.39, 0.29) is 24.7 Å². The predicted octanol–water partition coefficient (Wildman–Crippen LogP) is 2.25. The summed E-state index contributed by atoms with van der Waals surface area (Å²) >= 11 is 0. The Morgan fingerprint density at radius 1 is 1.35 bits per heavy atom. The van der Waals surface area contributed by atoms with Crippen molar-refractivity contribution in [3.63, 3.8) is 0 Å². The minimum absolute atomic E-state index is 0.00668. The van der Waals surface area contributed by atoms with Crippen LogP contribution in [0.5, 0.6) is 0 Å². The average molecular weight is 321 g/mol. The van der Waals surface area contributed by atoms with E-state index < -0.39 is 0 Å². The lowest BCUT2D eigenvalue weighted by molar-refractivity contribution is -0.149. The molecule has 1 aliphatic rings. The summed E-state index contributed by atoms with van der Waals surface area (Å²) in [6.07, 6.45) is -0.0750. The fraction of sp³-hybridized carbons (Fsp3) is 0.611. The number of carbonyl (C=O) groups excluding carboxylic acids is 1. The first-order valence-corrected chi connectivity index (χ1v) is 8.07. The van der Waals surface area contributed by atoms with E-state index in [4.69, 9.17) is 14.2 Å². The third-order valence-corrected chi connectivity index (χ3v) is 4.19. The predicted molar refractivity (Wildman–Crippen MR) is 88.5 cm³/mol. The quantitative estimate of drug-likeness (QED) is 0.754. The van der Waals surface area contributed by atoms with E-state index in [0.29, 0.717) is 26.4 Å². The van der Waals surface area contributed by atoms with Crippen molar-refractivity contribution in [2.75, 3.05) is 40.1 Å². The van der Waals surface area contributed by atoms with E-state index in [1.165, 1.54) is 11.1 Å². The molecular weight excluding hydrogens is 294 g/mol. The molecule has 5 nitrogen and oxygen atoms in total. The number of aryl methyl sites for hydroxylation is 2. The van der Waals surface area contributed by atoms with Gasteiger partial charge < -0.3 is 19.1 Å². The monoisotopic (exact) mass is 321 g/mol. The van der Waals surface area contributed by atoms with Gasteiger partial charge in [-0.15, -0.1) is 0 Å². The third-order valence-electron chi connectivity index (χ3n) is 4.19. The van der Waals surface area contributed by atoms with Gasteiger partial charge in [0.1, 0.15) is 12.7 Å². The molecular formula is C18H27NO4. The molecule has 1 aromatic rings. The van der Waals surface area contributed by atoms with Crippen molar-refractivity contribution in [1.29, 1.82) is 0 Å². The van der Waals surface area contributed by atoms with Crippen LogP contribution in [0.3, 0.4) is 0 Å². The molecule has 0 aliphatic carbocycles. The molecule has 5 heteroatoms. The van der Waals surface area contributed by atoms with E-state index in [9.17, 15) is 4.79 Å². The minimum atomic E-state index is -0.0750. The Labute approximate surface area is 138 Å². The lowest BCUT2D eigenvalue weighted by atomic mass is 9.99. The molecule has 2 rings (SSSR count). The van der Waals surface area contributed by atoms with Gasteiger partial charge in [0.2, 0.25) is 5.91 Å². The SMILES string of the molecule is COCCOCC(=O)N1C[C@H](c2cc(C)ccc2C)OC[C@@H]1C. The second-order valence-corrected chi connectivity index (χ2v) is 6.12. The van der Waals surface area contributed by atoms with Crippen LogP contribution in [0.15, 0.2) is 18.2 Å². The van der Waals surface area contributed by atoms with Gasteiger partial charge in [-0.05, 0) is 31.9 Å². The Hall–Kier alpha value is -1.43. The molecule has 1 aromatic carbocycles. The summed E-state index contributed by atoms with van der Waals surface area (Å²) in [5.41, 5.74) is 3.56. The smallest absolute Gasteiger partial charge is 0.248 e. The highest BCUT2D eigenvalue weighted by Gasteiger charge is 2.31. The van der Waals surface area contributed by atoms with Crippen molar-refractivity contribution < 1.29 is 19.0 Å². The Bertz CT molecular complexity index is 532. The molecule has 0 spiro atoms. The summed E-state index contributed by atoms with van der Waals surface area (Å²) in [7, 11) is 1.62. The first kappa shape index (κ1) is 17.9. The summed E-state index contributed by atoms with van der Waals surface area (Å²) in [6, 6.07) is 6.41. The van der Waals surface area contributed by atoms with Crippen molar-refractivity contribution in [2.45, 2.75) is 32.9 Å². The number of carbonyl (C=O) groups is 1. The van der Waals surface area contributed by atoms with Gasteiger partial charge in [-0.3, -0.25) is 4.79 Å². The van der Waals surface area contributed by atoms with Crippen LogP contribution in [0.1, 0.15) is 29.7 Å². The van der Waals surface area contributed by atoms with Crippen LogP contribution in [-0.2, 0) is 19.0 Å². The highest BCUT2D eigenvalue weighted by Crippen LogP contribution is 2.28. The van der Waals surface area contributed by atoms with Crippen molar-refractivity contribution in [2.24, 2.45) is 0 Å². The number of morpholine rings is 1. The highest BCUT2D eigenvalue weighted by molar-refractivity contribution is 5.78. The molecule has 0 bridgehead atoms. The number of benzene rings is 1. The number of nitrogens with zero attached hydrogens (tertiary/aromatic N) is 1. The first-order valence-electron chi connectivity index (χ1n) is 8.07. The molecule has 0 saturated carbocycles. The Balaban J connectivity index is 2.01. The normalized spacial score (nSPS) is 21.5. The standard InChI is InChI=1S/C18H27NO4/c1-13-5-6-14(2)16(9-13)17-10-19(15(3)11-23-17)18(20)12-22-8-7-21-4/h5-6,9,15,17H,7-8,10-12H2,1-4H3/t15-,17+/m0/s1. The molecule has 2 atom stereocenters. The first-order chi connectivity index (χ1) is 11.0. The summed E-state index contributed by atoms with van der Waals surface area (Å²) in [5, 5.41) is 0. The molecule has 1 saturated heterocycles. The average Bonchev–Trinajstić information content (AvgIpc) is 2.54. The van der Waals surface area contributed by atoms with Crippen molar-refractivity contribution >= 4 is 5.91 Å². The van der Waals surface area contributed by atoms with Gasteiger partial charge in [0, 0.05) is 7.11 Å². The van der Waals surface area contributed by atoms with Crippen LogP contribution >= 0.6 is 0 Å². The van der Waals surface area contributed by atoms with E-state index in [2.05, 4.69) is 32.0 Å². The second kappa shape index (κ2) is 8.43. The Morgan fingerprint density at radius 3 is 2.87 bits per heavy atom. The topological polar surface area (TPSA) is 48.0 Å². The molecule has 0 N–H and O–H groups in total. The number of rotatable bonds is 6. The summed E-state index contributed by atoms with van der Waals surface area (Å²) in [5.74, 6) is 0.00668. The fourth-order valence-electron chi connectivity index (χ4n) is 2.78. The van der Waals surface area contributed by atoms with Gasteiger partial charge in [0.15, 0.2) is 0 Å². The molecule has 0 aromatic heterocycles. The van der Waals surface area contributed by atoms with Crippen LogP contribution in [0.25, 0.3) is 0 Å². The second-order valence-electron chi connectivity index (χ2n) is 6.12. The van der Waals surface area contributed by atoms with Gasteiger partial charge >= 0.3 is 0 Å². The third kappa shape index (κ3) is 4.77. The van der Waals surface area contributed by atoms with Crippen LogP contribution in [0.4, 0.5) is 0 Å². The minimum Gasteiger partial charge on any atom is -0.382 e. The number of hydrogen-bond donors (Lipinski definition) is 0. The van der Waals surface area contributed by atoms with Gasteiger partial charge in [0.25, 0.3) is 0 Å². The van der Waals surface area contributed by atoms with E-state index in [1.54, 1.807) is 7.11 Å². The molecule has 1 heterocycles. The molecule has 1 aliphatic heterocycles. The van der Waals surface area contributed by atoms with Crippen LogP contribution in [0.2, 0.25) is 0 Å². The lowest BCUT2D eigenvalue weighted by Gasteiger charge is -2.38. The summed E-state index contributed by atoms with van der Waals surface area (Å²) in [6.45, 7) is 8.29. The largest absolute Gasteiger partial charge is 0.382 e. The van der Waals surface area contributed by atoms with Crippen LogP contribution < -0.4 is 0 Å². The zero-order chi connectivity index (χ0) is 16.8. The summed E-state index contributed by atoms with van der Waals surface area (Å²) in [4.78, 5) is 14.3. The van der Waals surface area contributed by atoms with Gasteiger partial charge in [-0.25, -0.2) is 0 Å². The van der Waals surface area contributed by atoms with Crippen LogP contribution in [0, 0.1) is 13.8 Å². The molecule has 0 unspecified atom stereocenters. The van der Waals surface area contributed by atoms with E-state index in [0.717, 1.165) is 5.56 Å². The zero-order valence-electron chi connectivity index (χ0n) is 14.5. The zero-order valence-corrected chi connectivity index (χ0v) is 14.5. The Kier molecular flexibility index (Phi) is 6.57. The van der Waals surface area contributed by atoms with E-state index >= 15 is 0 Å². The molecule has 1 fully saturated rings. The van der Waals surface area contributed by atoms with Crippen molar-refractivity contribution in [1.82, 2.24) is 4.90 Å². The lowest BCUT2D eigenvalue weighted by Crippen LogP contribution is -2.49. The van der Waals surface area contributed by atoms with E-state index in [1.807, 2.05) is 11.8 Å². The maximum Gasteiger partial charge on any atom is 0.248 e. The maximum atomic E-state index is 12.4. The number of hydrogen-bond acceptors (Lipinski definition) is 4. The van der Waals surface area contributed by atoms with Crippen LogP contribution in [-0.4, -0.2) is 56.9 Å². The number of amides is 1.